The lowest BCUT2D eigenvalue weighted by Crippen LogP contribution is -2.63. The summed E-state index contributed by atoms with van der Waals surface area (Å²) in [6.07, 6.45) is 6.97. The maximum Gasteiger partial charge on any atom is 0.319 e. The first-order chi connectivity index (χ1) is 17.0. The Morgan fingerprint density at radius 1 is 1.17 bits per heavy atom. The smallest absolute Gasteiger partial charge is 0.319 e. The molecular weight excluding hydrogens is 548 g/mol. The Balaban J connectivity index is 1.60. The van der Waals surface area contributed by atoms with Crippen molar-refractivity contribution < 1.29 is 26.9 Å². The topological polar surface area (TPSA) is 104 Å². The van der Waals surface area contributed by atoms with E-state index in [1.165, 1.54) is 0 Å². The Bertz CT molecular complexity index is 1370. The van der Waals surface area contributed by atoms with Crippen molar-refractivity contribution in [1.82, 2.24) is 0 Å². The van der Waals surface area contributed by atoms with Crippen LogP contribution in [0.15, 0.2) is 74.3 Å². The normalized spacial score (nSPS) is 30.6. The van der Waals surface area contributed by atoms with E-state index in [0.717, 1.165) is 15.6 Å². The summed E-state index contributed by atoms with van der Waals surface area (Å²) in [5, 5.41) is -1.39. The Hall–Kier alpha value is -2.72. The minimum Gasteiger partial charge on any atom is -0.462 e. The van der Waals surface area contributed by atoms with E-state index in [0.29, 0.717) is 17.9 Å². The molecule has 1 aromatic rings. The molecule has 3 heterocycles. The molecule has 0 spiro atoms. The van der Waals surface area contributed by atoms with Gasteiger partial charge in [0.2, 0.25) is 6.79 Å². The van der Waals surface area contributed by atoms with Gasteiger partial charge in [0.15, 0.2) is 11.0 Å². The molecule has 0 amide bonds. The van der Waals surface area contributed by atoms with Gasteiger partial charge < -0.3 is 13.7 Å². The van der Waals surface area contributed by atoms with E-state index in [1.54, 1.807) is 56.1 Å². The van der Waals surface area contributed by atoms with Crippen molar-refractivity contribution in [2.24, 2.45) is 32.7 Å². The van der Waals surface area contributed by atoms with Crippen LogP contribution >= 0.6 is 15.9 Å². The summed E-state index contributed by atoms with van der Waals surface area (Å²) in [7, 11) is -4.34. The third-order valence-corrected chi connectivity index (χ3v) is 10.5. The molecule has 0 saturated heterocycles. The van der Waals surface area contributed by atoms with E-state index in [4.69, 9.17) is 13.7 Å². The highest BCUT2D eigenvalue weighted by atomic mass is 79.9. The Morgan fingerprint density at radius 2 is 1.89 bits per heavy atom. The zero-order valence-corrected chi connectivity index (χ0v) is 22.8. The molecule has 1 aromatic carbocycles. The number of carbonyl (C=O) groups excluding carboxylic acids is 1. The summed E-state index contributed by atoms with van der Waals surface area (Å²) < 4.78 is 44.6. The van der Waals surface area contributed by atoms with Crippen molar-refractivity contribution in [2.75, 3.05) is 6.79 Å². The highest BCUT2D eigenvalue weighted by Gasteiger charge is 2.65. The van der Waals surface area contributed by atoms with Gasteiger partial charge in [-0.25, -0.2) is 0 Å². The van der Waals surface area contributed by atoms with Crippen molar-refractivity contribution in [3.63, 3.8) is 0 Å². The lowest BCUT2D eigenvalue weighted by Gasteiger charge is -2.57. The van der Waals surface area contributed by atoms with Gasteiger partial charge in [-0.1, -0.05) is 43.6 Å². The number of benzene rings is 1. The van der Waals surface area contributed by atoms with Crippen molar-refractivity contribution in [3.05, 3.63) is 64.3 Å². The second kappa shape index (κ2) is 8.69. The average Bonchev–Trinajstić information content (AvgIpc) is 3.54. The highest BCUT2D eigenvalue weighted by Crippen LogP contribution is 2.60. The fourth-order valence-electron chi connectivity index (χ4n) is 5.65. The fourth-order valence-corrected chi connectivity index (χ4v) is 7.66. The number of aliphatic imine (C=N–C) groups is 2. The van der Waals surface area contributed by atoms with Crippen LogP contribution in [0.2, 0.25) is 0 Å². The lowest BCUT2D eigenvalue weighted by atomic mass is 9.47. The number of carbonyl (C=O) groups is 1. The third kappa shape index (κ3) is 3.85. The molecule has 4 aliphatic rings. The quantitative estimate of drug-likeness (QED) is 0.446. The van der Waals surface area contributed by atoms with Crippen LogP contribution < -0.4 is 4.18 Å². The van der Waals surface area contributed by atoms with E-state index < -0.39 is 43.8 Å². The van der Waals surface area contributed by atoms with Gasteiger partial charge in [0.05, 0.1) is 11.6 Å². The van der Waals surface area contributed by atoms with E-state index in [2.05, 4.69) is 25.9 Å². The predicted molar refractivity (Wildman–Crippen MR) is 139 cm³/mol. The molecule has 1 aliphatic carbocycles. The monoisotopic (exact) mass is 574 g/mol. The number of nitrogens with zero attached hydrogens (tertiary/aromatic N) is 2. The van der Waals surface area contributed by atoms with Crippen LogP contribution in [0.25, 0.3) is 0 Å². The number of hydrogen-bond acceptors (Lipinski definition) is 8. The summed E-state index contributed by atoms with van der Waals surface area (Å²) in [5.74, 6) is -1.09. The molecule has 1 fully saturated rings. The molecular formula is C26H27BrN2O6S. The Morgan fingerprint density at radius 3 is 2.56 bits per heavy atom. The summed E-state index contributed by atoms with van der Waals surface area (Å²) >= 11 is 3.34. The molecule has 36 heavy (non-hydrogen) atoms. The molecule has 0 radical (unpaired) electrons. The van der Waals surface area contributed by atoms with E-state index >= 15 is 0 Å². The van der Waals surface area contributed by atoms with Gasteiger partial charge in [-0.3, -0.25) is 14.8 Å². The van der Waals surface area contributed by atoms with Crippen molar-refractivity contribution in [3.8, 4) is 5.75 Å². The van der Waals surface area contributed by atoms with E-state index in [1.807, 2.05) is 20.8 Å². The summed E-state index contributed by atoms with van der Waals surface area (Å²) in [6, 6.07) is 6.47. The maximum atomic E-state index is 14.3. The molecule has 5 rings (SSSR count). The van der Waals surface area contributed by atoms with Crippen molar-refractivity contribution in [1.29, 1.82) is 0 Å². The van der Waals surface area contributed by atoms with E-state index in [-0.39, 0.29) is 12.5 Å². The molecule has 0 N–H and O–H groups in total. The number of fused-ring (bicyclic) bond motifs is 1. The first-order valence-corrected chi connectivity index (χ1v) is 13.9. The van der Waals surface area contributed by atoms with Gasteiger partial charge in [-0.15, -0.1) is 0 Å². The summed E-state index contributed by atoms with van der Waals surface area (Å²) in [4.78, 5) is 23.2. The number of allylic oxidation sites excluding steroid dienone is 3. The Labute approximate surface area is 219 Å². The van der Waals surface area contributed by atoms with Crippen LogP contribution in [0.4, 0.5) is 0 Å². The van der Waals surface area contributed by atoms with Gasteiger partial charge in [-0.2, -0.15) is 8.42 Å². The largest absolute Gasteiger partial charge is 0.462 e. The molecule has 4 unspecified atom stereocenters. The third-order valence-electron chi connectivity index (χ3n) is 8.29. The van der Waals surface area contributed by atoms with Crippen LogP contribution in [-0.2, 0) is 24.4 Å². The highest BCUT2D eigenvalue weighted by molar-refractivity contribution is 9.10. The van der Waals surface area contributed by atoms with Crippen LogP contribution in [-0.4, -0.2) is 38.2 Å². The molecule has 190 valence electrons. The van der Waals surface area contributed by atoms with Gasteiger partial charge in [0.25, 0.3) is 0 Å². The first kappa shape index (κ1) is 25.0. The van der Waals surface area contributed by atoms with Crippen LogP contribution in [0, 0.1) is 22.7 Å². The van der Waals surface area contributed by atoms with Gasteiger partial charge >= 0.3 is 10.1 Å². The number of halogens is 1. The van der Waals surface area contributed by atoms with E-state index in [9.17, 15) is 13.2 Å². The second-order valence-corrected chi connectivity index (χ2v) is 12.9. The van der Waals surface area contributed by atoms with Crippen molar-refractivity contribution >= 4 is 43.8 Å². The first-order valence-electron chi connectivity index (χ1n) is 11.6. The number of ether oxygens (including phenoxy) is 2. The standard InChI is InChI=1S/C26H27BrN2O6S/c1-15-24(36(31,32)35-18-7-5-17(27)6-8-18)23(30)21(22-20-12-28-10-16(20)11-29-22)26(4,25(15,2)3)9-19-13-33-14-34-19/h5-8,10-13,15,21,24H,9,14H2,1-4H3. The lowest BCUT2D eigenvalue weighted by molar-refractivity contribution is -0.139. The maximum absolute atomic E-state index is 14.3. The predicted octanol–water partition coefficient (Wildman–Crippen LogP) is 4.94. The van der Waals surface area contributed by atoms with Crippen LogP contribution in [0.1, 0.15) is 34.1 Å². The van der Waals surface area contributed by atoms with Gasteiger partial charge in [0.1, 0.15) is 17.8 Å². The zero-order valence-electron chi connectivity index (χ0n) is 20.4. The van der Waals surface area contributed by atoms with Crippen LogP contribution in [0.3, 0.4) is 0 Å². The molecule has 1 saturated carbocycles. The summed E-state index contributed by atoms with van der Waals surface area (Å²) in [5.41, 5.74) is 0.662. The molecule has 3 aliphatic heterocycles. The molecule has 0 aromatic heterocycles. The number of ketones is 1. The number of hydrogen-bond donors (Lipinski definition) is 0. The Kier molecular flexibility index (Phi) is 6.02. The minimum atomic E-state index is -4.34. The van der Waals surface area contributed by atoms with Gasteiger partial charge in [-0.05, 0) is 41.0 Å². The van der Waals surface area contributed by atoms with Crippen molar-refractivity contribution in [2.45, 2.75) is 39.4 Å². The molecule has 10 heteroatoms. The zero-order chi connectivity index (χ0) is 25.9. The fraction of sp³-hybridized carbons (Fsp3) is 0.423. The summed E-state index contributed by atoms with van der Waals surface area (Å²) in [6.45, 7) is 7.92. The van der Waals surface area contributed by atoms with Crippen LogP contribution in [0.5, 0.6) is 5.75 Å². The minimum absolute atomic E-state index is 0.115. The second-order valence-electron chi connectivity index (χ2n) is 10.3. The molecule has 0 bridgehead atoms. The number of rotatable bonds is 6. The number of Topliss-reactive ketones (excluding diaryl/α,β-unsaturated/α-hetero) is 1. The molecule has 8 nitrogen and oxygen atoms in total. The van der Waals surface area contributed by atoms with Gasteiger partial charge in [0, 0.05) is 40.7 Å². The average molecular weight is 575 g/mol. The SMILES string of the molecule is CC1C(S(=O)(=O)Oc2ccc(Br)cc2)C(=O)C(C2=NC=C3C=NC=C32)C(C)(CC2=COCO2)C1(C)C. The molecule has 4 atom stereocenters.